The maximum atomic E-state index is 10.9. The van der Waals surface area contributed by atoms with Gasteiger partial charge in [0.05, 0.1) is 12.0 Å². The predicted octanol–water partition coefficient (Wildman–Crippen LogP) is 3.84. The Hall–Kier alpha value is -2.08. The van der Waals surface area contributed by atoms with Crippen LogP contribution in [0.1, 0.15) is 16.7 Å². The van der Waals surface area contributed by atoms with E-state index in [0.717, 1.165) is 6.42 Å². The van der Waals surface area contributed by atoms with E-state index in [9.17, 15) is 10.1 Å². The molecule has 0 atom stereocenters. The van der Waals surface area contributed by atoms with Gasteiger partial charge in [0.1, 0.15) is 0 Å². The van der Waals surface area contributed by atoms with E-state index < -0.39 is 4.92 Å². The molecule has 20 heavy (non-hydrogen) atoms. The van der Waals surface area contributed by atoms with Gasteiger partial charge in [-0.1, -0.05) is 6.92 Å². The molecule has 0 aliphatic heterocycles. The summed E-state index contributed by atoms with van der Waals surface area (Å²) < 4.78 is 4.97. The van der Waals surface area contributed by atoms with E-state index in [0.29, 0.717) is 12.2 Å². The smallest absolute Gasteiger partial charge is 0.312 e. The standard InChI is InChI=1S/C14H16N2O3S/c1-3-11-5-6-12(20-11)9-15-10-4-7-14(19-2)13(8-10)16(17)18/h4-8,15H,3,9H2,1-2H3. The van der Waals surface area contributed by atoms with Crippen molar-refractivity contribution in [1.82, 2.24) is 0 Å². The monoisotopic (exact) mass is 292 g/mol. The van der Waals surface area contributed by atoms with Crippen molar-refractivity contribution >= 4 is 22.7 Å². The van der Waals surface area contributed by atoms with Crippen LogP contribution in [0.25, 0.3) is 0 Å². The fourth-order valence-electron chi connectivity index (χ4n) is 1.84. The number of nitrogens with zero attached hydrogens (tertiary/aromatic N) is 1. The lowest BCUT2D eigenvalue weighted by Crippen LogP contribution is -1.99. The van der Waals surface area contributed by atoms with Crippen LogP contribution >= 0.6 is 11.3 Å². The number of nitro groups is 1. The molecule has 0 unspecified atom stereocenters. The lowest BCUT2D eigenvalue weighted by molar-refractivity contribution is -0.385. The second-order valence-electron chi connectivity index (χ2n) is 4.22. The number of anilines is 1. The molecule has 0 radical (unpaired) electrons. The summed E-state index contributed by atoms with van der Waals surface area (Å²) in [6.45, 7) is 2.78. The Balaban J connectivity index is 2.09. The summed E-state index contributed by atoms with van der Waals surface area (Å²) in [6, 6.07) is 9.06. The largest absolute Gasteiger partial charge is 0.490 e. The molecule has 6 heteroatoms. The Morgan fingerprint density at radius 1 is 1.30 bits per heavy atom. The van der Waals surface area contributed by atoms with Crippen LogP contribution in [0.15, 0.2) is 30.3 Å². The maximum Gasteiger partial charge on any atom is 0.312 e. The number of ether oxygens (including phenoxy) is 1. The summed E-state index contributed by atoms with van der Waals surface area (Å²) in [4.78, 5) is 13.1. The molecule has 0 fully saturated rings. The molecule has 0 aliphatic rings. The van der Waals surface area contributed by atoms with Crippen molar-refractivity contribution in [3.63, 3.8) is 0 Å². The Morgan fingerprint density at radius 3 is 2.65 bits per heavy atom. The first kappa shape index (κ1) is 14.3. The lowest BCUT2D eigenvalue weighted by atomic mass is 10.2. The number of methoxy groups -OCH3 is 1. The van der Waals surface area contributed by atoms with E-state index in [2.05, 4.69) is 24.4 Å². The molecule has 0 bridgehead atoms. The van der Waals surface area contributed by atoms with Crippen LogP contribution in [0.5, 0.6) is 5.75 Å². The number of thiophene rings is 1. The summed E-state index contributed by atoms with van der Waals surface area (Å²) in [5, 5.41) is 14.1. The van der Waals surface area contributed by atoms with Crippen LogP contribution in [0.2, 0.25) is 0 Å². The molecule has 0 saturated carbocycles. The minimum absolute atomic E-state index is 0.0297. The van der Waals surface area contributed by atoms with Crippen LogP contribution in [0.4, 0.5) is 11.4 Å². The van der Waals surface area contributed by atoms with Crippen molar-refractivity contribution in [3.05, 3.63) is 50.2 Å². The highest BCUT2D eigenvalue weighted by atomic mass is 32.1. The molecule has 1 aromatic heterocycles. The molecule has 5 nitrogen and oxygen atoms in total. The van der Waals surface area contributed by atoms with Gasteiger partial charge in [0, 0.05) is 28.1 Å². The van der Waals surface area contributed by atoms with Gasteiger partial charge in [-0.05, 0) is 30.7 Å². The van der Waals surface area contributed by atoms with E-state index in [-0.39, 0.29) is 11.4 Å². The van der Waals surface area contributed by atoms with E-state index >= 15 is 0 Å². The highest BCUT2D eigenvalue weighted by Crippen LogP contribution is 2.30. The molecular weight excluding hydrogens is 276 g/mol. The van der Waals surface area contributed by atoms with Gasteiger partial charge in [-0.3, -0.25) is 10.1 Å². The highest BCUT2D eigenvalue weighted by molar-refractivity contribution is 7.12. The maximum absolute atomic E-state index is 10.9. The van der Waals surface area contributed by atoms with Crippen LogP contribution in [0.3, 0.4) is 0 Å². The molecule has 0 aliphatic carbocycles. The third-order valence-corrected chi connectivity index (χ3v) is 4.14. The van der Waals surface area contributed by atoms with Crippen LogP contribution in [0, 0.1) is 10.1 Å². The topological polar surface area (TPSA) is 64.4 Å². The minimum atomic E-state index is -0.440. The Labute approximate surface area is 121 Å². The molecule has 0 amide bonds. The highest BCUT2D eigenvalue weighted by Gasteiger charge is 2.15. The zero-order chi connectivity index (χ0) is 14.5. The second kappa shape index (κ2) is 6.38. The second-order valence-corrected chi connectivity index (χ2v) is 5.47. The number of benzene rings is 1. The zero-order valence-corrected chi connectivity index (χ0v) is 12.2. The first-order valence-electron chi connectivity index (χ1n) is 6.28. The lowest BCUT2D eigenvalue weighted by Gasteiger charge is -2.07. The molecule has 2 rings (SSSR count). The average molecular weight is 292 g/mol. The van der Waals surface area contributed by atoms with Crippen molar-refractivity contribution in [2.75, 3.05) is 12.4 Å². The number of aryl methyl sites for hydroxylation is 1. The van der Waals surface area contributed by atoms with Crippen molar-refractivity contribution in [2.24, 2.45) is 0 Å². The molecule has 2 aromatic rings. The first-order chi connectivity index (χ1) is 9.63. The quantitative estimate of drug-likeness (QED) is 0.649. The van der Waals surface area contributed by atoms with Crippen LogP contribution in [-0.4, -0.2) is 12.0 Å². The third kappa shape index (κ3) is 3.27. The number of nitrogens with one attached hydrogen (secondary N) is 1. The van der Waals surface area contributed by atoms with Gasteiger partial charge >= 0.3 is 5.69 Å². The van der Waals surface area contributed by atoms with Gasteiger partial charge in [0.2, 0.25) is 0 Å². The van der Waals surface area contributed by atoms with E-state index in [1.807, 2.05) is 0 Å². The third-order valence-electron chi connectivity index (χ3n) is 2.91. The minimum Gasteiger partial charge on any atom is -0.490 e. The fourth-order valence-corrected chi connectivity index (χ4v) is 2.74. The van der Waals surface area contributed by atoms with E-state index in [4.69, 9.17) is 4.74 Å². The molecular formula is C14H16N2O3S. The summed E-state index contributed by atoms with van der Waals surface area (Å²) in [7, 11) is 1.42. The molecule has 1 N–H and O–H groups in total. The van der Waals surface area contributed by atoms with Crippen molar-refractivity contribution < 1.29 is 9.66 Å². The van der Waals surface area contributed by atoms with Crippen molar-refractivity contribution in [2.45, 2.75) is 19.9 Å². The van der Waals surface area contributed by atoms with Crippen LogP contribution in [-0.2, 0) is 13.0 Å². The van der Waals surface area contributed by atoms with Gasteiger partial charge < -0.3 is 10.1 Å². The Bertz CT molecular complexity index is 610. The Morgan fingerprint density at radius 2 is 2.05 bits per heavy atom. The van der Waals surface area contributed by atoms with Gasteiger partial charge in [-0.2, -0.15) is 0 Å². The first-order valence-corrected chi connectivity index (χ1v) is 7.09. The SMILES string of the molecule is CCc1ccc(CNc2ccc(OC)c([N+](=O)[O-])c2)s1. The van der Waals surface area contributed by atoms with Gasteiger partial charge in [0.25, 0.3) is 0 Å². The van der Waals surface area contributed by atoms with Gasteiger partial charge in [-0.15, -0.1) is 11.3 Å². The van der Waals surface area contributed by atoms with Gasteiger partial charge in [-0.25, -0.2) is 0 Å². The normalized spacial score (nSPS) is 10.3. The van der Waals surface area contributed by atoms with Crippen molar-refractivity contribution in [3.8, 4) is 5.75 Å². The number of rotatable bonds is 6. The predicted molar refractivity (Wildman–Crippen MR) is 80.7 cm³/mol. The Kier molecular flexibility index (Phi) is 4.57. The fraction of sp³-hybridized carbons (Fsp3) is 0.286. The average Bonchev–Trinajstić information content (AvgIpc) is 2.92. The van der Waals surface area contributed by atoms with Crippen LogP contribution < -0.4 is 10.1 Å². The van der Waals surface area contributed by atoms with Gasteiger partial charge in [0.15, 0.2) is 5.75 Å². The summed E-state index contributed by atoms with van der Waals surface area (Å²) in [5.74, 6) is 0.268. The molecule has 1 heterocycles. The van der Waals surface area contributed by atoms with E-state index in [1.54, 1.807) is 23.5 Å². The summed E-state index contributed by atoms with van der Waals surface area (Å²) >= 11 is 1.75. The van der Waals surface area contributed by atoms with Crippen molar-refractivity contribution in [1.29, 1.82) is 0 Å². The number of hydrogen-bond donors (Lipinski definition) is 1. The zero-order valence-electron chi connectivity index (χ0n) is 11.4. The summed E-state index contributed by atoms with van der Waals surface area (Å²) in [5.41, 5.74) is 0.682. The molecule has 1 aromatic carbocycles. The molecule has 0 spiro atoms. The summed E-state index contributed by atoms with van der Waals surface area (Å²) in [6.07, 6.45) is 1.03. The molecule has 106 valence electrons. The van der Waals surface area contributed by atoms with E-state index in [1.165, 1.54) is 22.9 Å². The molecule has 0 saturated heterocycles. The number of nitro benzene ring substituents is 1. The number of hydrogen-bond acceptors (Lipinski definition) is 5.